The highest BCUT2D eigenvalue weighted by molar-refractivity contribution is 7.09. The highest BCUT2D eigenvalue weighted by Gasteiger charge is 1.97. The van der Waals surface area contributed by atoms with Gasteiger partial charge in [0.25, 0.3) is 0 Å². The van der Waals surface area contributed by atoms with E-state index in [0.717, 1.165) is 44.2 Å². The molecule has 0 aliphatic carbocycles. The molecule has 0 aliphatic heterocycles. The van der Waals surface area contributed by atoms with Crippen LogP contribution in [-0.4, -0.2) is 31.3 Å². The Morgan fingerprint density at radius 3 is 2.94 bits per heavy atom. The second kappa shape index (κ2) is 8.67. The minimum Gasteiger partial charge on any atom is -0.380 e. The van der Waals surface area contributed by atoms with Gasteiger partial charge in [-0.15, -0.1) is 11.3 Å². The molecule has 0 fully saturated rings. The van der Waals surface area contributed by atoms with Crippen molar-refractivity contribution in [3.63, 3.8) is 0 Å². The van der Waals surface area contributed by atoms with Gasteiger partial charge >= 0.3 is 0 Å². The maximum Gasteiger partial charge on any atom is 0.0897 e. The van der Waals surface area contributed by atoms with E-state index in [1.54, 1.807) is 11.3 Å². The minimum absolute atomic E-state index is 0.816. The summed E-state index contributed by atoms with van der Waals surface area (Å²) in [6, 6.07) is 0. The standard InChI is InChI=1S/C12H22N2OS/c1-3-4-8-15-9-7-13-6-5-12-10-16-11(2)14-12/h10,13H,3-9H2,1-2H3. The van der Waals surface area contributed by atoms with Gasteiger partial charge in [-0.3, -0.25) is 0 Å². The molecule has 0 atom stereocenters. The van der Waals surface area contributed by atoms with Gasteiger partial charge in [-0.05, 0) is 13.3 Å². The Balaban J connectivity index is 1.88. The number of unbranched alkanes of at least 4 members (excludes halogenated alkanes) is 1. The third-order valence-corrected chi connectivity index (χ3v) is 3.11. The minimum atomic E-state index is 0.816. The van der Waals surface area contributed by atoms with Crippen LogP contribution in [0.3, 0.4) is 0 Å². The lowest BCUT2D eigenvalue weighted by Crippen LogP contribution is -2.22. The number of aryl methyl sites for hydroxylation is 1. The Bertz CT molecular complexity index is 276. The fourth-order valence-corrected chi connectivity index (χ4v) is 2.00. The molecule has 0 bridgehead atoms. The predicted molar refractivity (Wildman–Crippen MR) is 69.2 cm³/mol. The van der Waals surface area contributed by atoms with Gasteiger partial charge in [-0.1, -0.05) is 13.3 Å². The summed E-state index contributed by atoms with van der Waals surface area (Å²) in [4.78, 5) is 4.42. The molecule has 4 heteroatoms. The van der Waals surface area contributed by atoms with Crippen LogP contribution in [0, 0.1) is 6.92 Å². The van der Waals surface area contributed by atoms with Crippen LogP contribution in [0.5, 0.6) is 0 Å². The molecule has 0 aliphatic rings. The van der Waals surface area contributed by atoms with E-state index in [-0.39, 0.29) is 0 Å². The van der Waals surface area contributed by atoms with E-state index in [1.165, 1.54) is 12.1 Å². The smallest absolute Gasteiger partial charge is 0.0897 e. The molecule has 0 amide bonds. The number of hydrogen-bond donors (Lipinski definition) is 1. The normalized spacial score (nSPS) is 10.9. The van der Waals surface area contributed by atoms with Crippen molar-refractivity contribution in [3.05, 3.63) is 16.1 Å². The Kier molecular flexibility index (Phi) is 7.38. The monoisotopic (exact) mass is 242 g/mol. The summed E-state index contributed by atoms with van der Waals surface area (Å²) in [5.41, 5.74) is 1.20. The van der Waals surface area contributed by atoms with Gasteiger partial charge in [0, 0.05) is 31.5 Å². The third kappa shape index (κ3) is 6.20. The SMILES string of the molecule is CCCCOCCNCCc1csc(C)n1. The molecule has 0 unspecified atom stereocenters. The lowest BCUT2D eigenvalue weighted by molar-refractivity contribution is 0.133. The van der Waals surface area contributed by atoms with E-state index in [0.29, 0.717) is 0 Å². The van der Waals surface area contributed by atoms with Gasteiger partial charge in [-0.2, -0.15) is 0 Å². The number of thiazole rings is 1. The van der Waals surface area contributed by atoms with Crippen LogP contribution < -0.4 is 5.32 Å². The summed E-state index contributed by atoms with van der Waals surface area (Å²) >= 11 is 1.72. The van der Waals surface area contributed by atoms with Crippen molar-refractivity contribution in [3.8, 4) is 0 Å². The van der Waals surface area contributed by atoms with E-state index < -0.39 is 0 Å². The summed E-state index contributed by atoms with van der Waals surface area (Å²) < 4.78 is 5.45. The Morgan fingerprint density at radius 1 is 1.38 bits per heavy atom. The van der Waals surface area contributed by atoms with Crippen LogP contribution in [0.4, 0.5) is 0 Å². The molecule has 1 heterocycles. The Hall–Kier alpha value is -0.450. The van der Waals surface area contributed by atoms with Crippen molar-refractivity contribution in [2.45, 2.75) is 33.1 Å². The summed E-state index contributed by atoms with van der Waals surface area (Å²) in [6.07, 6.45) is 3.38. The molecule has 0 radical (unpaired) electrons. The van der Waals surface area contributed by atoms with Crippen molar-refractivity contribution in [1.82, 2.24) is 10.3 Å². The quantitative estimate of drug-likeness (QED) is 0.675. The van der Waals surface area contributed by atoms with Gasteiger partial charge in [0.05, 0.1) is 17.3 Å². The first-order valence-electron chi connectivity index (χ1n) is 6.02. The summed E-state index contributed by atoms with van der Waals surface area (Å²) in [6.45, 7) is 7.85. The average Bonchev–Trinajstić information content (AvgIpc) is 2.68. The molecule has 0 saturated carbocycles. The van der Waals surface area contributed by atoms with E-state index >= 15 is 0 Å². The molecular formula is C12H22N2OS. The van der Waals surface area contributed by atoms with Crippen molar-refractivity contribution >= 4 is 11.3 Å². The largest absolute Gasteiger partial charge is 0.380 e. The van der Waals surface area contributed by atoms with Gasteiger partial charge in [0.1, 0.15) is 0 Å². The van der Waals surface area contributed by atoms with Gasteiger partial charge < -0.3 is 10.1 Å². The molecule has 0 aromatic carbocycles. The number of rotatable bonds is 9. The van der Waals surface area contributed by atoms with Crippen LogP contribution in [0.15, 0.2) is 5.38 Å². The summed E-state index contributed by atoms with van der Waals surface area (Å²) in [5, 5.41) is 6.64. The molecule has 1 N–H and O–H groups in total. The van der Waals surface area contributed by atoms with Crippen molar-refractivity contribution in [2.24, 2.45) is 0 Å². The van der Waals surface area contributed by atoms with Gasteiger partial charge in [0.2, 0.25) is 0 Å². The molecular weight excluding hydrogens is 220 g/mol. The van der Waals surface area contributed by atoms with Crippen molar-refractivity contribution in [2.75, 3.05) is 26.3 Å². The number of nitrogens with zero attached hydrogens (tertiary/aromatic N) is 1. The summed E-state index contributed by atoms with van der Waals surface area (Å²) in [7, 11) is 0. The van der Waals surface area contributed by atoms with Crippen LogP contribution >= 0.6 is 11.3 Å². The first kappa shape index (κ1) is 13.6. The highest BCUT2D eigenvalue weighted by Crippen LogP contribution is 2.07. The van der Waals surface area contributed by atoms with Crippen molar-refractivity contribution < 1.29 is 4.74 Å². The zero-order valence-corrected chi connectivity index (χ0v) is 11.1. The van der Waals surface area contributed by atoms with Crippen LogP contribution in [0.25, 0.3) is 0 Å². The molecule has 1 rings (SSSR count). The lowest BCUT2D eigenvalue weighted by Gasteiger charge is -2.04. The van der Waals surface area contributed by atoms with Gasteiger partial charge in [0.15, 0.2) is 0 Å². The fourth-order valence-electron chi connectivity index (χ4n) is 1.36. The predicted octanol–water partition coefficient (Wildman–Crippen LogP) is 2.40. The molecule has 92 valence electrons. The summed E-state index contributed by atoms with van der Waals surface area (Å²) in [5.74, 6) is 0. The molecule has 0 saturated heterocycles. The van der Waals surface area contributed by atoms with Crippen LogP contribution in [0.1, 0.15) is 30.5 Å². The van der Waals surface area contributed by atoms with Crippen molar-refractivity contribution in [1.29, 1.82) is 0 Å². The molecule has 3 nitrogen and oxygen atoms in total. The average molecular weight is 242 g/mol. The van der Waals surface area contributed by atoms with E-state index in [4.69, 9.17) is 4.74 Å². The molecule has 0 spiro atoms. The van der Waals surface area contributed by atoms with Crippen LogP contribution in [-0.2, 0) is 11.2 Å². The Labute approximate surface area is 102 Å². The van der Waals surface area contributed by atoms with E-state index in [2.05, 4.69) is 22.6 Å². The number of nitrogens with one attached hydrogen (secondary N) is 1. The van der Waals surface area contributed by atoms with Crippen LogP contribution in [0.2, 0.25) is 0 Å². The second-order valence-electron chi connectivity index (χ2n) is 3.82. The second-order valence-corrected chi connectivity index (χ2v) is 4.89. The number of ether oxygens (including phenoxy) is 1. The zero-order chi connectivity index (χ0) is 11.6. The topological polar surface area (TPSA) is 34.1 Å². The van der Waals surface area contributed by atoms with Gasteiger partial charge in [-0.25, -0.2) is 4.98 Å². The number of hydrogen-bond acceptors (Lipinski definition) is 4. The first-order chi connectivity index (χ1) is 7.83. The maximum atomic E-state index is 5.45. The zero-order valence-electron chi connectivity index (χ0n) is 10.3. The highest BCUT2D eigenvalue weighted by atomic mass is 32.1. The number of aromatic nitrogens is 1. The lowest BCUT2D eigenvalue weighted by atomic mass is 10.3. The fraction of sp³-hybridized carbons (Fsp3) is 0.750. The molecule has 1 aromatic heterocycles. The third-order valence-electron chi connectivity index (χ3n) is 2.29. The maximum absolute atomic E-state index is 5.45. The molecule has 16 heavy (non-hydrogen) atoms. The first-order valence-corrected chi connectivity index (χ1v) is 6.90. The van der Waals surface area contributed by atoms with E-state index in [9.17, 15) is 0 Å². The van der Waals surface area contributed by atoms with E-state index in [1.807, 2.05) is 6.92 Å². The Morgan fingerprint density at radius 2 is 2.25 bits per heavy atom. The molecule has 1 aromatic rings.